The van der Waals surface area contributed by atoms with E-state index in [0.717, 1.165) is 25.5 Å². The lowest BCUT2D eigenvalue weighted by Crippen LogP contribution is -2.54. The van der Waals surface area contributed by atoms with Gasteiger partial charge in [-0.25, -0.2) is 19.2 Å². The van der Waals surface area contributed by atoms with Gasteiger partial charge in [0.05, 0.1) is 18.2 Å². The normalized spacial score (nSPS) is 18.0. The van der Waals surface area contributed by atoms with E-state index in [-0.39, 0.29) is 33.7 Å². The summed E-state index contributed by atoms with van der Waals surface area (Å²) in [5.41, 5.74) is 7.31. The quantitative estimate of drug-likeness (QED) is 0.249. The number of benzene rings is 1. The summed E-state index contributed by atoms with van der Waals surface area (Å²) in [6, 6.07) is 6.28. The molecule has 14 heteroatoms. The lowest BCUT2D eigenvalue weighted by Gasteiger charge is -2.40. The van der Waals surface area contributed by atoms with Crippen molar-refractivity contribution in [1.29, 1.82) is 0 Å². The zero-order valence-electron chi connectivity index (χ0n) is 28.0. The third-order valence-electron chi connectivity index (χ3n) is 8.18. The van der Waals surface area contributed by atoms with Crippen LogP contribution in [0.5, 0.6) is 11.5 Å². The van der Waals surface area contributed by atoms with Crippen LogP contribution in [0.1, 0.15) is 46.3 Å². The standard InChI is InChI=1S/C34H43Cl2FN6O5/c1-21-20-42(33(44)48-34(3,4)5)8-9-43(21)29-17-27(46-15-12-41-10-13-45-14-11-41)24(19-39-29)23-16-28(32(38)40-18-23)47-22(2)30-25(35)6-7-26(37)31(30)36/h6-7,16-19,21-22H,8-15,20H2,1-5H3,(H2,38,40)/t21-,22+/m0/s1. The number of nitrogen functional groups attached to an aromatic ring is 1. The minimum absolute atomic E-state index is 0.0213. The molecule has 0 unspecified atom stereocenters. The van der Waals surface area contributed by atoms with Gasteiger partial charge in [-0.2, -0.15) is 0 Å². The van der Waals surface area contributed by atoms with E-state index in [9.17, 15) is 9.18 Å². The highest BCUT2D eigenvalue weighted by atomic mass is 35.5. The van der Waals surface area contributed by atoms with Crippen LogP contribution in [-0.4, -0.2) is 96.6 Å². The molecule has 2 atom stereocenters. The summed E-state index contributed by atoms with van der Waals surface area (Å²) in [4.78, 5) is 28.1. The second kappa shape index (κ2) is 15.3. The summed E-state index contributed by atoms with van der Waals surface area (Å²) >= 11 is 12.6. The van der Waals surface area contributed by atoms with Gasteiger partial charge in [-0.05, 0) is 52.8 Å². The SMILES string of the molecule is C[C@@H](Oc1cc(-c2cnc(N3CCN(C(=O)OC(C)(C)C)C[C@@H]3C)cc2OCCN2CCOCC2)cnc1N)c1c(Cl)ccc(F)c1Cl. The molecule has 2 aliphatic rings. The van der Waals surface area contributed by atoms with Gasteiger partial charge in [0.25, 0.3) is 0 Å². The Morgan fingerprint density at radius 1 is 1.10 bits per heavy atom. The van der Waals surface area contributed by atoms with Gasteiger partial charge in [0.2, 0.25) is 0 Å². The van der Waals surface area contributed by atoms with Crippen molar-refractivity contribution >= 4 is 40.9 Å². The van der Waals surface area contributed by atoms with Crippen molar-refractivity contribution in [3.8, 4) is 22.6 Å². The number of nitrogens with zero attached hydrogens (tertiary/aromatic N) is 5. The summed E-state index contributed by atoms with van der Waals surface area (Å²) in [6.45, 7) is 15.2. The van der Waals surface area contributed by atoms with Crippen LogP contribution in [0.3, 0.4) is 0 Å². The lowest BCUT2D eigenvalue weighted by atomic mass is 10.1. The molecular weight excluding hydrogens is 662 g/mol. The maximum absolute atomic E-state index is 14.3. The highest BCUT2D eigenvalue weighted by Crippen LogP contribution is 2.39. The fourth-order valence-electron chi connectivity index (χ4n) is 5.68. The molecule has 2 fully saturated rings. The van der Waals surface area contributed by atoms with Crippen molar-refractivity contribution in [2.75, 3.05) is 69.7 Å². The number of hydrogen-bond donors (Lipinski definition) is 1. The number of carbonyl (C=O) groups excluding carboxylic acids is 1. The van der Waals surface area contributed by atoms with Gasteiger partial charge in [0.15, 0.2) is 11.6 Å². The van der Waals surface area contributed by atoms with Crippen LogP contribution < -0.4 is 20.1 Å². The molecule has 0 spiro atoms. The third kappa shape index (κ3) is 8.71. The number of rotatable bonds is 9. The highest BCUT2D eigenvalue weighted by molar-refractivity contribution is 6.36. The summed E-state index contributed by atoms with van der Waals surface area (Å²) in [6.07, 6.45) is 2.32. The number of piperazine rings is 1. The summed E-state index contributed by atoms with van der Waals surface area (Å²) in [5, 5.41) is 0.156. The summed E-state index contributed by atoms with van der Waals surface area (Å²) in [5.74, 6) is 1.14. The summed E-state index contributed by atoms with van der Waals surface area (Å²) in [7, 11) is 0. The first-order valence-electron chi connectivity index (χ1n) is 16.0. The van der Waals surface area contributed by atoms with E-state index in [0.29, 0.717) is 61.9 Å². The Hall–Kier alpha value is -3.58. The fourth-order valence-corrected chi connectivity index (χ4v) is 6.36. The number of carbonyl (C=O) groups is 1. The Morgan fingerprint density at radius 3 is 2.56 bits per heavy atom. The van der Waals surface area contributed by atoms with Gasteiger partial charge in [-0.1, -0.05) is 23.2 Å². The Bertz CT molecular complexity index is 1600. The maximum Gasteiger partial charge on any atom is 0.410 e. The minimum atomic E-state index is -0.731. The van der Waals surface area contributed by atoms with E-state index < -0.39 is 17.5 Å². The molecule has 0 aliphatic carbocycles. The molecule has 2 saturated heterocycles. The average Bonchev–Trinajstić information content (AvgIpc) is 3.04. The molecule has 2 aliphatic heterocycles. The van der Waals surface area contributed by atoms with E-state index in [1.54, 1.807) is 30.3 Å². The number of halogens is 3. The number of nitrogens with two attached hydrogens (primary N) is 1. The Morgan fingerprint density at radius 2 is 1.85 bits per heavy atom. The van der Waals surface area contributed by atoms with Crippen LogP contribution in [-0.2, 0) is 9.47 Å². The first-order chi connectivity index (χ1) is 22.8. The third-order valence-corrected chi connectivity index (χ3v) is 8.89. The van der Waals surface area contributed by atoms with E-state index in [1.165, 1.54) is 12.1 Å². The van der Waals surface area contributed by atoms with Crippen LogP contribution in [0.2, 0.25) is 10.0 Å². The predicted molar refractivity (Wildman–Crippen MR) is 185 cm³/mol. The van der Waals surface area contributed by atoms with Crippen molar-refractivity contribution in [2.24, 2.45) is 0 Å². The van der Waals surface area contributed by atoms with Crippen LogP contribution in [0.4, 0.5) is 20.8 Å². The van der Waals surface area contributed by atoms with Gasteiger partial charge in [-0.3, -0.25) is 4.90 Å². The van der Waals surface area contributed by atoms with Gasteiger partial charge in [-0.15, -0.1) is 0 Å². The molecule has 2 N–H and O–H groups in total. The van der Waals surface area contributed by atoms with Gasteiger partial charge >= 0.3 is 6.09 Å². The fraction of sp³-hybridized carbons (Fsp3) is 0.500. The second-order valence-electron chi connectivity index (χ2n) is 12.9. The molecule has 260 valence electrons. The van der Waals surface area contributed by atoms with E-state index in [2.05, 4.69) is 21.7 Å². The first-order valence-corrected chi connectivity index (χ1v) is 16.8. The number of ether oxygens (including phenoxy) is 4. The maximum atomic E-state index is 14.3. The monoisotopic (exact) mass is 704 g/mol. The molecule has 2 aromatic heterocycles. The second-order valence-corrected chi connectivity index (χ2v) is 13.7. The van der Waals surface area contributed by atoms with Gasteiger partial charge in [0.1, 0.15) is 35.7 Å². The molecule has 0 radical (unpaired) electrons. The zero-order chi connectivity index (χ0) is 34.6. The number of anilines is 2. The Labute approximate surface area is 291 Å². The molecule has 1 aromatic carbocycles. The highest BCUT2D eigenvalue weighted by Gasteiger charge is 2.31. The van der Waals surface area contributed by atoms with Crippen molar-refractivity contribution in [3.63, 3.8) is 0 Å². The number of morpholine rings is 1. The van der Waals surface area contributed by atoms with Crippen LogP contribution in [0.25, 0.3) is 11.1 Å². The Balaban J connectivity index is 1.40. The van der Waals surface area contributed by atoms with E-state index in [1.807, 2.05) is 26.8 Å². The van der Waals surface area contributed by atoms with Crippen LogP contribution in [0, 0.1) is 5.82 Å². The molecule has 0 saturated carbocycles. The number of aromatic nitrogens is 2. The molecule has 5 rings (SSSR count). The van der Waals surface area contributed by atoms with E-state index in [4.69, 9.17) is 52.9 Å². The molecule has 3 aromatic rings. The van der Waals surface area contributed by atoms with Crippen molar-refractivity contribution < 1.29 is 28.1 Å². The smallest absolute Gasteiger partial charge is 0.410 e. The number of amides is 1. The topological polar surface area (TPSA) is 116 Å². The van der Waals surface area contributed by atoms with Crippen molar-refractivity contribution in [3.05, 3.63) is 58.1 Å². The van der Waals surface area contributed by atoms with E-state index >= 15 is 0 Å². The van der Waals surface area contributed by atoms with Crippen molar-refractivity contribution in [2.45, 2.75) is 52.4 Å². The van der Waals surface area contributed by atoms with Gasteiger partial charge < -0.3 is 34.5 Å². The molecule has 4 heterocycles. The molecule has 0 bridgehead atoms. The molecular formula is C34H43Cl2FN6O5. The van der Waals surface area contributed by atoms with Gasteiger partial charge in [0, 0.05) is 85.5 Å². The van der Waals surface area contributed by atoms with Crippen molar-refractivity contribution in [1.82, 2.24) is 19.8 Å². The Kier molecular flexibility index (Phi) is 11.4. The summed E-state index contributed by atoms with van der Waals surface area (Å²) < 4.78 is 37.9. The van der Waals surface area contributed by atoms with Crippen LogP contribution >= 0.6 is 23.2 Å². The largest absolute Gasteiger partial charge is 0.491 e. The lowest BCUT2D eigenvalue weighted by molar-refractivity contribution is 0.0218. The number of pyridine rings is 2. The molecule has 48 heavy (non-hydrogen) atoms. The zero-order valence-corrected chi connectivity index (χ0v) is 29.5. The molecule has 1 amide bonds. The molecule has 11 nitrogen and oxygen atoms in total. The average molecular weight is 706 g/mol. The predicted octanol–water partition coefficient (Wildman–Crippen LogP) is 6.47. The van der Waals surface area contributed by atoms with Crippen LogP contribution in [0.15, 0.2) is 36.7 Å². The first kappa shape index (κ1) is 35.7. The minimum Gasteiger partial charge on any atom is -0.491 e. The number of hydrogen-bond acceptors (Lipinski definition) is 10.